The van der Waals surface area contributed by atoms with Gasteiger partial charge in [0.2, 0.25) is 5.91 Å². The fraction of sp³-hybridized carbons (Fsp3) is 0.357. The highest BCUT2D eigenvalue weighted by Crippen LogP contribution is 2.34. The minimum atomic E-state index is -0.658. The number of nitrogens with two attached hydrogens (primary N) is 1. The Bertz CT molecular complexity index is 1410. The van der Waals surface area contributed by atoms with Crippen molar-refractivity contribution in [3.05, 3.63) is 64.5 Å². The molecule has 9 heteroatoms. The molecule has 2 aliphatic heterocycles. The van der Waals surface area contributed by atoms with E-state index in [9.17, 15) is 14.4 Å². The van der Waals surface area contributed by atoms with Crippen LogP contribution in [0.1, 0.15) is 63.9 Å². The molecule has 0 radical (unpaired) electrons. The van der Waals surface area contributed by atoms with Crippen molar-refractivity contribution in [1.29, 1.82) is 0 Å². The number of piperidine rings is 1. The summed E-state index contributed by atoms with van der Waals surface area (Å²) in [6.45, 7) is 5.06. The maximum absolute atomic E-state index is 14.0. The number of rotatable bonds is 6. The summed E-state index contributed by atoms with van der Waals surface area (Å²) in [6, 6.07) is 11.3. The molecule has 3 aromatic rings. The molecule has 0 unspecified atom stereocenters. The van der Waals surface area contributed by atoms with E-state index < -0.39 is 5.91 Å². The van der Waals surface area contributed by atoms with Gasteiger partial charge in [0.25, 0.3) is 11.8 Å². The molecule has 5 rings (SSSR count). The number of primary amides is 1. The van der Waals surface area contributed by atoms with Gasteiger partial charge in [-0.05, 0) is 80.1 Å². The lowest BCUT2D eigenvalue weighted by atomic mass is 10.0. The van der Waals surface area contributed by atoms with Crippen LogP contribution in [0.15, 0.2) is 36.4 Å². The van der Waals surface area contributed by atoms with Crippen molar-refractivity contribution in [3.8, 4) is 11.4 Å². The highest BCUT2D eigenvalue weighted by Gasteiger charge is 2.35. The number of carbonyl (C=O) groups is 3. The monoisotopic (exact) mass is 501 g/mol. The summed E-state index contributed by atoms with van der Waals surface area (Å²) in [4.78, 5) is 42.2. The van der Waals surface area contributed by atoms with Gasteiger partial charge < -0.3 is 20.3 Å². The Morgan fingerprint density at radius 2 is 1.81 bits per heavy atom. The molecule has 0 spiro atoms. The number of aromatic nitrogens is 2. The molecule has 1 aromatic heterocycles. The van der Waals surface area contributed by atoms with Crippen molar-refractivity contribution in [2.24, 2.45) is 5.73 Å². The van der Waals surface area contributed by atoms with Crippen LogP contribution in [0.3, 0.4) is 0 Å². The van der Waals surface area contributed by atoms with E-state index in [0.717, 1.165) is 35.3 Å². The number of aryl methyl sites for hydroxylation is 2. The summed E-state index contributed by atoms with van der Waals surface area (Å²) in [6.07, 6.45) is 3.60. The van der Waals surface area contributed by atoms with E-state index >= 15 is 0 Å². The van der Waals surface area contributed by atoms with Gasteiger partial charge in [0, 0.05) is 36.4 Å². The van der Waals surface area contributed by atoms with Gasteiger partial charge in [0.1, 0.15) is 11.4 Å². The predicted octanol–water partition coefficient (Wildman–Crippen LogP) is 3.57. The van der Waals surface area contributed by atoms with Crippen LogP contribution in [0.25, 0.3) is 5.69 Å². The number of fused-ring (bicyclic) bond motifs is 1. The van der Waals surface area contributed by atoms with E-state index in [4.69, 9.17) is 10.5 Å². The van der Waals surface area contributed by atoms with Gasteiger partial charge >= 0.3 is 0 Å². The Morgan fingerprint density at radius 3 is 2.49 bits per heavy atom. The van der Waals surface area contributed by atoms with Crippen LogP contribution in [-0.4, -0.2) is 47.7 Å². The first-order valence-corrected chi connectivity index (χ1v) is 12.7. The van der Waals surface area contributed by atoms with Crippen LogP contribution >= 0.6 is 0 Å². The summed E-state index contributed by atoms with van der Waals surface area (Å²) < 4.78 is 6.92. The van der Waals surface area contributed by atoms with Gasteiger partial charge in [-0.1, -0.05) is 6.92 Å². The SMILES string of the molecule is CCc1cc(OC)ccc1-n1nc(C(N)=O)c2c1C(=O)N(c1ccc(N3CCCCC3=O)cc1C)CC2. The second-order valence-corrected chi connectivity index (χ2v) is 9.48. The number of carbonyl (C=O) groups excluding carboxylic acids is 3. The van der Waals surface area contributed by atoms with E-state index in [0.29, 0.717) is 55.0 Å². The second-order valence-electron chi connectivity index (χ2n) is 9.48. The van der Waals surface area contributed by atoms with Crippen molar-refractivity contribution in [2.45, 2.75) is 46.0 Å². The smallest absolute Gasteiger partial charge is 0.277 e. The van der Waals surface area contributed by atoms with Gasteiger partial charge in [-0.3, -0.25) is 14.4 Å². The Kier molecular flexibility index (Phi) is 6.45. The number of anilines is 2. The standard InChI is InChI=1S/C28H31N5O4/c1-4-18-16-20(37-3)9-11-23(18)33-26-21(25(30-33)27(29)35)12-14-32(28(26)36)22-10-8-19(15-17(22)2)31-13-6-5-7-24(31)34/h8-11,15-16H,4-7,12-14H2,1-3H3,(H2,29,35). The lowest BCUT2D eigenvalue weighted by Gasteiger charge is -2.31. The van der Waals surface area contributed by atoms with E-state index in [1.54, 1.807) is 16.7 Å². The first kappa shape index (κ1) is 24.5. The van der Waals surface area contributed by atoms with Crippen LogP contribution < -0.4 is 20.3 Å². The highest BCUT2D eigenvalue weighted by molar-refractivity contribution is 6.10. The molecule has 0 saturated carbocycles. The van der Waals surface area contributed by atoms with Crippen LogP contribution in [-0.2, 0) is 17.6 Å². The van der Waals surface area contributed by atoms with Crippen LogP contribution in [0.5, 0.6) is 5.75 Å². The number of hydrogen-bond donors (Lipinski definition) is 1. The third-order valence-corrected chi connectivity index (χ3v) is 7.25. The molecule has 37 heavy (non-hydrogen) atoms. The zero-order chi connectivity index (χ0) is 26.3. The van der Waals surface area contributed by atoms with E-state index in [1.165, 1.54) is 0 Å². The second kappa shape index (κ2) is 9.72. The number of ether oxygens (including phenoxy) is 1. The summed E-state index contributed by atoms with van der Waals surface area (Å²) in [5.41, 5.74) is 10.8. The fourth-order valence-electron chi connectivity index (χ4n) is 5.33. The number of benzene rings is 2. The third kappa shape index (κ3) is 4.24. The van der Waals surface area contributed by atoms with Gasteiger partial charge in [-0.15, -0.1) is 0 Å². The van der Waals surface area contributed by atoms with E-state index in [-0.39, 0.29) is 17.5 Å². The van der Waals surface area contributed by atoms with Crippen molar-refractivity contribution >= 4 is 29.1 Å². The molecule has 2 N–H and O–H groups in total. The average Bonchev–Trinajstić information content (AvgIpc) is 3.30. The largest absolute Gasteiger partial charge is 0.497 e. The number of methoxy groups -OCH3 is 1. The zero-order valence-corrected chi connectivity index (χ0v) is 21.4. The van der Waals surface area contributed by atoms with Crippen LogP contribution in [0.2, 0.25) is 0 Å². The summed E-state index contributed by atoms with van der Waals surface area (Å²) in [5, 5.41) is 4.52. The topological polar surface area (TPSA) is 111 Å². The molecular formula is C28H31N5O4. The lowest BCUT2D eigenvalue weighted by Crippen LogP contribution is -2.39. The Balaban J connectivity index is 1.56. The summed E-state index contributed by atoms with van der Waals surface area (Å²) in [5.74, 6) is -0.0719. The molecule has 2 aliphatic rings. The molecular weight excluding hydrogens is 470 g/mol. The van der Waals surface area contributed by atoms with Crippen LogP contribution in [0.4, 0.5) is 11.4 Å². The molecule has 192 valence electrons. The normalized spacial score (nSPS) is 15.6. The first-order chi connectivity index (χ1) is 17.8. The molecule has 0 aliphatic carbocycles. The average molecular weight is 502 g/mol. The Morgan fingerprint density at radius 1 is 1.03 bits per heavy atom. The quantitative estimate of drug-likeness (QED) is 0.555. The summed E-state index contributed by atoms with van der Waals surface area (Å²) in [7, 11) is 1.60. The number of amides is 3. The maximum atomic E-state index is 14.0. The van der Waals surface area contributed by atoms with E-state index in [2.05, 4.69) is 5.10 Å². The highest BCUT2D eigenvalue weighted by atomic mass is 16.5. The molecule has 1 fully saturated rings. The van der Waals surface area contributed by atoms with Crippen LogP contribution in [0, 0.1) is 6.92 Å². The molecule has 3 amide bonds. The molecule has 1 saturated heterocycles. The maximum Gasteiger partial charge on any atom is 0.277 e. The van der Waals surface area contributed by atoms with Gasteiger partial charge in [0.05, 0.1) is 12.8 Å². The minimum absolute atomic E-state index is 0.122. The van der Waals surface area contributed by atoms with E-state index in [1.807, 2.05) is 55.1 Å². The molecule has 2 aromatic carbocycles. The van der Waals surface area contributed by atoms with Crippen molar-refractivity contribution < 1.29 is 19.1 Å². The zero-order valence-electron chi connectivity index (χ0n) is 21.4. The molecule has 0 bridgehead atoms. The molecule has 3 heterocycles. The molecule has 9 nitrogen and oxygen atoms in total. The minimum Gasteiger partial charge on any atom is -0.497 e. The van der Waals surface area contributed by atoms with Gasteiger partial charge in [-0.25, -0.2) is 4.68 Å². The first-order valence-electron chi connectivity index (χ1n) is 12.7. The van der Waals surface area contributed by atoms with Crippen molar-refractivity contribution in [1.82, 2.24) is 9.78 Å². The molecule has 0 atom stereocenters. The third-order valence-electron chi connectivity index (χ3n) is 7.25. The Hall–Kier alpha value is -4.14. The number of nitrogens with zero attached hydrogens (tertiary/aromatic N) is 4. The van der Waals surface area contributed by atoms with Gasteiger partial charge in [-0.2, -0.15) is 5.10 Å². The number of hydrogen-bond acceptors (Lipinski definition) is 5. The fourth-order valence-corrected chi connectivity index (χ4v) is 5.33. The van der Waals surface area contributed by atoms with Crippen molar-refractivity contribution in [3.63, 3.8) is 0 Å². The lowest BCUT2D eigenvalue weighted by molar-refractivity contribution is -0.119. The van der Waals surface area contributed by atoms with Crippen molar-refractivity contribution in [2.75, 3.05) is 30.0 Å². The van der Waals surface area contributed by atoms with Gasteiger partial charge in [0.15, 0.2) is 5.69 Å². The Labute approximate surface area is 215 Å². The summed E-state index contributed by atoms with van der Waals surface area (Å²) >= 11 is 0. The predicted molar refractivity (Wildman–Crippen MR) is 141 cm³/mol.